The van der Waals surface area contributed by atoms with Gasteiger partial charge in [0.2, 0.25) is 5.24 Å². The van der Waals surface area contributed by atoms with Crippen LogP contribution in [0.15, 0.2) is 0 Å². The van der Waals surface area contributed by atoms with Crippen molar-refractivity contribution >= 4 is 22.8 Å². The highest BCUT2D eigenvalue weighted by Crippen LogP contribution is 2.26. The summed E-state index contributed by atoms with van der Waals surface area (Å²) in [5.41, 5.74) is -0.420. The lowest BCUT2D eigenvalue weighted by atomic mass is 9.86. The maximum absolute atomic E-state index is 11.6. The van der Waals surface area contributed by atoms with E-state index in [4.69, 9.17) is 16.3 Å². The Morgan fingerprint density at radius 1 is 1.00 bits per heavy atom. The molecular weight excluding hydrogens is 264 g/mol. The summed E-state index contributed by atoms with van der Waals surface area (Å²) in [5, 5.41) is -0.409. The van der Waals surface area contributed by atoms with Gasteiger partial charge in [0.15, 0.2) is 0 Å². The summed E-state index contributed by atoms with van der Waals surface area (Å²) >= 11 is 5.34. The predicted octanol–water partition coefficient (Wildman–Crippen LogP) is 4.46. The Morgan fingerprint density at radius 2 is 1.58 bits per heavy atom. The third-order valence-corrected chi connectivity index (χ3v) is 3.13. The molecule has 3 nitrogen and oxygen atoms in total. The topological polar surface area (TPSA) is 43.4 Å². The van der Waals surface area contributed by atoms with Gasteiger partial charge < -0.3 is 4.74 Å². The highest BCUT2D eigenvalue weighted by Gasteiger charge is 2.25. The van der Waals surface area contributed by atoms with Gasteiger partial charge in [-0.1, -0.05) is 52.9 Å². The second-order valence-electron chi connectivity index (χ2n) is 5.86. The van der Waals surface area contributed by atoms with Crippen molar-refractivity contribution in [3.8, 4) is 0 Å². The third kappa shape index (κ3) is 12.2. The Bertz CT molecular complexity index is 275. The van der Waals surface area contributed by atoms with Crippen molar-refractivity contribution in [2.24, 2.45) is 5.41 Å². The molecule has 0 amide bonds. The summed E-state index contributed by atoms with van der Waals surface area (Å²) in [6.07, 6.45) is 7.44. The van der Waals surface area contributed by atoms with Crippen molar-refractivity contribution in [2.45, 2.75) is 72.1 Å². The minimum absolute atomic E-state index is 0.195. The molecule has 0 radical (unpaired) electrons. The molecule has 0 rings (SSSR count). The lowest BCUT2D eigenvalue weighted by Crippen LogP contribution is -2.21. The number of hydrogen-bond acceptors (Lipinski definition) is 3. The number of rotatable bonds is 11. The van der Waals surface area contributed by atoms with Gasteiger partial charge in [0.1, 0.15) is 0 Å². The molecule has 0 fully saturated rings. The third-order valence-electron chi connectivity index (χ3n) is 3.00. The molecule has 0 aromatic heterocycles. The largest absolute Gasteiger partial charge is 0.466 e. The van der Waals surface area contributed by atoms with Crippen LogP contribution in [0, 0.1) is 5.41 Å². The number of carbonyl (C=O) groups is 2. The van der Waals surface area contributed by atoms with E-state index in [-0.39, 0.29) is 18.8 Å². The number of hydrogen-bond donors (Lipinski definition) is 0. The Hall–Kier alpha value is -0.570. The Morgan fingerprint density at radius 3 is 2.16 bits per heavy atom. The molecule has 0 aromatic rings. The molecule has 0 saturated heterocycles. The van der Waals surface area contributed by atoms with Crippen LogP contribution >= 0.6 is 11.6 Å². The van der Waals surface area contributed by atoms with E-state index in [1.807, 2.05) is 13.8 Å². The van der Waals surface area contributed by atoms with Gasteiger partial charge in [0, 0.05) is 6.42 Å². The fraction of sp³-hybridized carbons (Fsp3) is 0.867. The molecule has 0 aromatic carbocycles. The molecule has 0 aliphatic carbocycles. The van der Waals surface area contributed by atoms with Gasteiger partial charge in [0.25, 0.3) is 0 Å². The van der Waals surface area contributed by atoms with Crippen molar-refractivity contribution in [2.75, 3.05) is 6.61 Å². The van der Waals surface area contributed by atoms with Gasteiger partial charge >= 0.3 is 5.97 Å². The van der Waals surface area contributed by atoms with Gasteiger partial charge in [-0.05, 0) is 23.4 Å². The number of unbranched alkanes of at least 4 members (excludes halogenated alkanes) is 5. The summed E-state index contributed by atoms with van der Waals surface area (Å²) in [6, 6.07) is 0. The van der Waals surface area contributed by atoms with Gasteiger partial charge in [-0.25, -0.2) is 0 Å². The van der Waals surface area contributed by atoms with E-state index < -0.39 is 10.7 Å². The van der Waals surface area contributed by atoms with Crippen LogP contribution in [-0.2, 0) is 14.3 Å². The van der Waals surface area contributed by atoms with Crippen molar-refractivity contribution in [1.82, 2.24) is 0 Å². The summed E-state index contributed by atoms with van der Waals surface area (Å²) in [7, 11) is 0. The normalized spacial score (nSPS) is 11.4. The van der Waals surface area contributed by atoms with Crippen LogP contribution in [-0.4, -0.2) is 17.8 Å². The monoisotopic (exact) mass is 290 g/mol. The molecule has 4 heteroatoms. The van der Waals surface area contributed by atoms with Crippen LogP contribution in [0.5, 0.6) is 0 Å². The number of ether oxygens (including phenoxy) is 1. The molecule has 0 heterocycles. The van der Waals surface area contributed by atoms with Gasteiger partial charge in [-0.15, -0.1) is 0 Å². The van der Waals surface area contributed by atoms with Gasteiger partial charge in [-0.3, -0.25) is 9.59 Å². The Labute approximate surface area is 122 Å². The Balaban J connectivity index is 3.61. The minimum atomic E-state index is -0.420. The second-order valence-corrected chi connectivity index (χ2v) is 6.28. The molecule has 19 heavy (non-hydrogen) atoms. The van der Waals surface area contributed by atoms with E-state index in [1.54, 1.807) is 0 Å². The van der Waals surface area contributed by atoms with E-state index in [0.29, 0.717) is 6.61 Å². The zero-order chi connectivity index (χ0) is 14.7. The first-order chi connectivity index (χ1) is 8.87. The summed E-state index contributed by atoms with van der Waals surface area (Å²) in [4.78, 5) is 22.4. The fourth-order valence-corrected chi connectivity index (χ4v) is 2.31. The van der Waals surface area contributed by atoms with Crippen molar-refractivity contribution in [1.29, 1.82) is 0 Å². The van der Waals surface area contributed by atoms with E-state index in [1.165, 1.54) is 25.7 Å². The Kier molecular flexibility index (Phi) is 9.94. The molecule has 0 unspecified atom stereocenters. The molecule has 0 spiro atoms. The highest BCUT2D eigenvalue weighted by molar-refractivity contribution is 6.63. The molecule has 0 aliphatic rings. The fourth-order valence-electron chi connectivity index (χ4n) is 1.95. The van der Waals surface area contributed by atoms with Crippen LogP contribution in [0.4, 0.5) is 0 Å². The van der Waals surface area contributed by atoms with Crippen LogP contribution in [0.25, 0.3) is 0 Å². The molecule has 0 N–H and O–H groups in total. The maximum Gasteiger partial charge on any atom is 0.306 e. The highest BCUT2D eigenvalue weighted by atomic mass is 35.5. The van der Waals surface area contributed by atoms with Crippen LogP contribution < -0.4 is 0 Å². The molecular formula is C15H27ClO3. The molecule has 0 atom stereocenters. The smallest absolute Gasteiger partial charge is 0.306 e. The molecule has 112 valence electrons. The van der Waals surface area contributed by atoms with Crippen molar-refractivity contribution in [3.63, 3.8) is 0 Å². The summed E-state index contributed by atoms with van der Waals surface area (Å²) in [6.45, 7) is 6.36. The average Bonchev–Trinajstić information content (AvgIpc) is 2.25. The van der Waals surface area contributed by atoms with E-state index in [9.17, 15) is 9.59 Å². The maximum atomic E-state index is 11.6. The number of halogens is 1. The van der Waals surface area contributed by atoms with E-state index in [2.05, 4.69) is 6.92 Å². The SMILES string of the molecule is CCCCCCCCOC(=O)CC(C)(C)CC(=O)Cl. The van der Waals surface area contributed by atoms with Gasteiger partial charge in [-0.2, -0.15) is 0 Å². The van der Waals surface area contributed by atoms with Gasteiger partial charge in [0.05, 0.1) is 13.0 Å². The van der Waals surface area contributed by atoms with E-state index >= 15 is 0 Å². The predicted molar refractivity (Wildman–Crippen MR) is 78.2 cm³/mol. The number of esters is 1. The standard InChI is InChI=1S/C15H27ClO3/c1-4-5-6-7-8-9-10-19-14(18)12-15(2,3)11-13(16)17/h4-12H2,1-3H3. The average molecular weight is 291 g/mol. The van der Waals surface area contributed by atoms with Crippen LogP contribution in [0.3, 0.4) is 0 Å². The van der Waals surface area contributed by atoms with Crippen molar-refractivity contribution in [3.05, 3.63) is 0 Å². The first-order valence-corrected chi connectivity index (χ1v) is 7.59. The number of carbonyl (C=O) groups excluding carboxylic acids is 2. The zero-order valence-electron chi connectivity index (χ0n) is 12.5. The van der Waals surface area contributed by atoms with Crippen molar-refractivity contribution < 1.29 is 14.3 Å². The second kappa shape index (κ2) is 10.2. The lowest BCUT2D eigenvalue weighted by molar-refractivity contribution is -0.146. The van der Waals surface area contributed by atoms with Crippen LogP contribution in [0.1, 0.15) is 72.1 Å². The minimum Gasteiger partial charge on any atom is -0.466 e. The van der Waals surface area contributed by atoms with E-state index in [0.717, 1.165) is 12.8 Å². The zero-order valence-corrected chi connectivity index (χ0v) is 13.2. The molecule has 0 saturated carbocycles. The lowest BCUT2D eigenvalue weighted by Gasteiger charge is -2.21. The van der Waals surface area contributed by atoms with Crippen LogP contribution in [0.2, 0.25) is 0 Å². The first-order valence-electron chi connectivity index (χ1n) is 7.21. The summed E-state index contributed by atoms with van der Waals surface area (Å²) < 4.78 is 5.17. The first kappa shape index (κ1) is 18.4. The molecule has 0 aliphatic heterocycles. The molecule has 0 bridgehead atoms. The summed E-state index contributed by atoms with van der Waals surface area (Å²) in [5.74, 6) is -0.239. The quantitative estimate of drug-likeness (QED) is 0.320.